The molecule has 1 aromatic carbocycles. The summed E-state index contributed by atoms with van der Waals surface area (Å²) in [5, 5.41) is 2.79. The molecule has 1 heterocycles. The van der Waals surface area contributed by atoms with Crippen LogP contribution in [0.3, 0.4) is 0 Å². The monoisotopic (exact) mass is 268 g/mol. The zero-order chi connectivity index (χ0) is 13.2. The second kappa shape index (κ2) is 5.07. The molecule has 0 aliphatic carbocycles. The van der Waals surface area contributed by atoms with Crippen LogP contribution in [-0.4, -0.2) is 26.6 Å². The number of anilines is 1. The molecule has 0 spiro atoms. The lowest BCUT2D eigenvalue weighted by Gasteiger charge is -2.09. The summed E-state index contributed by atoms with van der Waals surface area (Å²) in [7, 11) is -3.19. The molecular weight excluding hydrogens is 252 g/mol. The van der Waals surface area contributed by atoms with Gasteiger partial charge in [-0.25, -0.2) is 13.1 Å². The van der Waals surface area contributed by atoms with E-state index in [0.29, 0.717) is 6.42 Å². The van der Waals surface area contributed by atoms with E-state index in [1.807, 2.05) is 24.3 Å². The first-order chi connectivity index (χ1) is 8.53. The van der Waals surface area contributed by atoms with Crippen molar-refractivity contribution in [2.75, 3.05) is 17.6 Å². The number of rotatable bonds is 5. The molecule has 1 atom stereocenters. The van der Waals surface area contributed by atoms with Crippen LogP contribution in [0.2, 0.25) is 0 Å². The number of benzene rings is 1. The summed E-state index contributed by atoms with van der Waals surface area (Å²) in [6, 6.07) is 7.49. The van der Waals surface area contributed by atoms with Gasteiger partial charge in [0, 0.05) is 12.2 Å². The van der Waals surface area contributed by atoms with Gasteiger partial charge in [-0.05, 0) is 25.0 Å². The molecule has 1 aromatic rings. The smallest absolute Gasteiger partial charge is 0.232 e. The van der Waals surface area contributed by atoms with Gasteiger partial charge in [0.15, 0.2) is 0 Å². The number of carbonyl (C=O) groups excluding carboxylic acids is 1. The van der Waals surface area contributed by atoms with Crippen LogP contribution in [0.5, 0.6) is 0 Å². The number of para-hydroxylation sites is 1. The summed E-state index contributed by atoms with van der Waals surface area (Å²) in [6.45, 7) is 1.86. The third-order valence-corrected chi connectivity index (χ3v) is 4.45. The molecule has 5 nitrogen and oxygen atoms in total. The van der Waals surface area contributed by atoms with Crippen LogP contribution in [0.15, 0.2) is 24.3 Å². The third kappa shape index (κ3) is 2.70. The van der Waals surface area contributed by atoms with Gasteiger partial charge >= 0.3 is 0 Å². The van der Waals surface area contributed by atoms with Crippen molar-refractivity contribution in [3.8, 4) is 0 Å². The summed E-state index contributed by atoms with van der Waals surface area (Å²) in [5.41, 5.74) is 1.77. The summed E-state index contributed by atoms with van der Waals surface area (Å²) in [4.78, 5) is 11.8. The number of fused-ring (bicyclic) bond motifs is 1. The maximum atomic E-state index is 11.8. The Morgan fingerprint density at radius 3 is 2.78 bits per heavy atom. The lowest BCUT2D eigenvalue weighted by Crippen LogP contribution is -2.28. The molecule has 0 bridgehead atoms. The Labute approximate surface area is 107 Å². The Hall–Kier alpha value is -1.40. The molecule has 1 amide bonds. The first-order valence-corrected chi connectivity index (χ1v) is 7.56. The first-order valence-electron chi connectivity index (χ1n) is 5.90. The average Bonchev–Trinajstić information content (AvgIpc) is 2.66. The van der Waals surface area contributed by atoms with Gasteiger partial charge in [0.25, 0.3) is 0 Å². The van der Waals surface area contributed by atoms with Crippen molar-refractivity contribution in [3.63, 3.8) is 0 Å². The maximum absolute atomic E-state index is 11.8. The van der Waals surface area contributed by atoms with Gasteiger partial charge in [0.2, 0.25) is 15.9 Å². The Balaban J connectivity index is 2.01. The zero-order valence-corrected chi connectivity index (χ0v) is 11.0. The molecule has 0 aromatic heterocycles. The van der Waals surface area contributed by atoms with Crippen molar-refractivity contribution in [2.45, 2.75) is 19.3 Å². The topological polar surface area (TPSA) is 75.3 Å². The van der Waals surface area contributed by atoms with E-state index in [-0.39, 0.29) is 24.1 Å². The number of amides is 1. The zero-order valence-electron chi connectivity index (χ0n) is 10.1. The normalized spacial score (nSPS) is 18.5. The van der Waals surface area contributed by atoms with Crippen molar-refractivity contribution < 1.29 is 13.2 Å². The fraction of sp³-hybridized carbons (Fsp3) is 0.417. The van der Waals surface area contributed by atoms with Gasteiger partial charge in [0.1, 0.15) is 0 Å². The average molecular weight is 268 g/mol. The molecule has 2 N–H and O–H groups in total. The van der Waals surface area contributed by atoms with Gasteiger partial charge in [-0.15, -0.1) is 0 Å². The second-order valence-electron chi connectivity index (χ2n) is 4.22. The summed E-state index contributed by atoms with van der Waals surface area (Å²) in [6.07, 6.45) is 0.474. The van der Waals surface area contributed by atoms with E-state index >= 15 is 0 Å². The quantitative estimate of drug-likeness (QED) is 0.838. The SMILES string of the molecule is CCS(=O)(=O)NCCC1C(=O)Nc2ccccc21. The minimum absolute atomic E-state index is 0.0560. The summed E-state index contributed by atoms with van der Waals surface area (Å²) >= 11 is 0. The van der Waals surface area contributed by atoms with Crippen molar-refractivity contribution in [1.82, 2.24) is 4.72 Å². The number of carbonyl (C=O) groups is 1. The molecular formula is C12H16N2O3S. The molecule has 1 aliphatic heterocycles. The van der Waals surface area contributed by atoms with Crippen LogP contribution in [0.4, 0.5) is 5.69 Å². The Kier molecular flexibility index (Phi) is 3.68. The van der Waals surface area contributed by atoms with Crippen LogP contribution >= 0.6 is 0 Å². The van der Waals surface area contributed by atoms with Gasteiger partial charge in [-0.2, -0.15) is 0 Å². The lowest BCUT2D eigenvalue weighted by molar-refractivity contribution is -0.117. The van der Waals surface area contributed by atoms with Crippen LogP contribution < -0.4 is 10.0 Å². The van der Waals surface area contributed by atoms with E-state index in [9.17, 15) is 13.2 Å². The fourth-order valence-electron chi connectivity index (χ4n) is 2.02. The van der Waals surface area contributed by atoms with Crippen molar-refractivity contribution >= 4 is 21.6 Å². The molecule has 2 rings (SSSR count). The van der Waals surface area contributed by atoms with Gasteiger partial charge < -0.3 is 5.32 Å². The summed E-state index contributed by atoms with van der Waals surface area (Å²) < 4.78 is 25.1. The molecule has 1 unspecified atom stereocenters. The highest BCUT2D eigenvalue weighted by atomic mass is 32.2. The van der Waals surface area contributed by atoms with E-state index in [4.69, 9.17) is 0 Å². The van der Waals surface area contributed by atoms with Crippen molar-refractivity contribution in [2.24, 2.45) is 0 Å². The largest absolute Gasteiger partial charge is 0.325 e. The molecule has 0 saturated heterocycles. The predicted octanol–water partition coefficient (Wildman–Crippen LogP) is 1.05. The van der Waals surface area contributed by atoms with E-state index in [0.717, 1.165) is 11.3 Å². The van der Waals surface area contributed by atoms with Gasteiger partial charge in [-0.3, -0.25) is 4.79 Å². The Morgan fingerprint density at radius 1 is 1.33 bits per heavy atom. The van der Waals surface area contributed by atoms with E-state index in [2.05, 4.69) is 10.0 Å². The minimum Gasteiger partial charge on any atom is -0.325 e. The number of hydrogen-bond donors (Lipinski definition) is 2. The second-order valence-corrected chi connectivity index (χ2v) is 6.31. The highest BCUT2D eigenvalue weighted by Crippen LogP contribution is 2.33. The molecule has 98 valence electrons. The number of hydrogen-bond acceptors (Lipinski definition) is 3. The fourth-order valence-corrected chi connectivity index (χ4v) is 2.66. The number of nitrogens with one attached hydrogen (secondary N) is 2. The molecule has 6 heteroatoms. The van der Waals surface area contributed by atoms with E-state index in [1.165, 1.54) is 0 Å². The van der Waals surface area contributed by atoms with Crippen molar-refractivity contribution in [1.29, 1.82) is 0 Å². The molecule has 18 heavy (non-hydrogen) atoms. The highest BCUT2D eigenvalue weighted by Gasteiger charge is 2.29. The molecule has 1 aliphatic rings. The molecule has 0 fully saturated rings. The van der Waals surface area contributed by atoms with Crippen LogP contribution in [0, 0.1) is 0 Å². The van der Waals surface area contributed by atoms with Crippen molar-refractivity contribution in [3.05, 3.63) is 29.8 Å². The lowest BCUT2D eigenvalue weighted by atomic mass is 9.97. The minimum atomic E-state index is -3.19. The maximum Gasteiger partial charge on any atom is 0.232 e. The van der Waals surface area contributed by atoms with Gasteiger partial charge in [-0.1, -0.05) is 18.2 Å². The van der Waals surface area contributed by atoms with Crippen LogP contribution in [-0.2, 0) is 14.8 Å². The molecule has 0 radical (unpaired) electrons. The van der Waals surface area contributed by atoms with E-state index in [1.54, 1.807) is 6.92 Å². The standard InChI is InChI=1S/C12H16N2O3S/c1-2-18(16,17)13-8-7-10-9-5-3-4-6-11(9)14-12(10)15/h3-6,10,13H,2,7-8H2,1H3,(H,14,15). The van der Waals surface area contributed by atoms with Crippen LogP contribution in [0.1, 0.15) is 24.8 Å². The molecule has 0 saturated carbocycles. The van der Waals surface area contributed by atoms with E-state index < -0.39 is 10.0 Å². The predicted molar refractivity (Wildman–Crippen MR) is 69.9 cm³/mol. The van der Waals surface area contributed by atoms with Crippen LogP contribution in [0.25, 0.3) is 0 Å². The summed E-state index contributed by atoms with van der Waals surface area (Å²) in [5.74, 6) is -0.270. The highest BCUT2D eigenvalue weighted by molar-refractivity contribution is 7.89. The Bertz CT molecular complexity index is 554. The number of sulfonamides is 1. The third-order valence-electron chi connectivity index (χ3n) is 3.05. The first kappa shape index (κ1) is 13.0. The Morgan fingerprint density at radius 2 is 2.06 bits per heavy atom. The van der Waals surface area contributed by atoms with Gasteiger partial charge in [0.05, 0.1) is 11.7 Å².